The van der Waals surface area contributed by atoms with E-state index in [1.165, 1.54) is 37.7 Å². The van der Waals surface area contributed by atoms with Crippen molar-refractivity contribution >= 4 is 6.08 Å². The van der Waals surface area contributed by atoms with Crippen LogP contribution >= 0.6 is 0 Å². The number of hydrogen-bond donors (Lipinski definition) is 1. The number of hydrogen-bond acceptors (Lipinski definition) is 2. The molecule has 1 aromatic rings. The van der Waals surface area contributed by atoms with Crippen LogP contribution in [0.2, 0.25) is 0 Å². The van der Waals surface area contributed by atoms with E-state index in [-0.39, 0.29) is 0 Å². The van der Waals surface area contributed by atoms with Crippen LogP contribution < -0.4 is 5.32 Å². The second-order valence-electron chi connectivity index (χ2n) is 6.18. The Morgan fingerprint density at radius 2 is 2.15 bits per heavy atom. The summed E-state index contributed by atoms with van der Waals surface area (Å²) in [5.41, 5.74) is 2.81. The fourth-order valence-corrected chi connectivity index (χ4v) is 2.98. The Balaban J connectivity index is 2.12. The first-order valence-electron chi connectivity index (χ1n) is 8.16. The van der Waals surface area contributed by atoms with Crippen LogP contribution in [0, 0.1) is 5.92 Å². The standard InChI is InChI=1S/C17H29N3/c1-4-18-12-17(16-8-6-5-7-9-16)10-15-11-19-20(13-15)14(2)3/h10-11,13-14,16,18H,4-9,12H2,1-3H3. The Hall–Kier alpha value is -1.09. The molecule has 20 heavy (non-hydrogen) atoms. The highest BCUT2D eigenvalue weighted by Crippen LogP contribution is 2.30. The van der Waals surface area contributed by atoms with Crippen molar-refractivity contribution in [1.29, 1.82) is 0 Å². The van der Waals surface area contributed by atoms with Gasteiger partial charge in [0.15, 0.2) is 0 Å². The van der Waals surface area contributed by atoms with Gasteiger partial charge in [-0.1, -0.05) is 37.8 Å². The van der Waals surface area contributed by atoms with Gasteiger partial charge >= 0.3 is 0 Å². The van der Waals surface area contributed by atoms with E-state index in [9.17, 15) is 0 Å². The highest BCUT2D eigenvalue weighted by atomic mass is 15.3. The van der Waals surface area contributed by atoms with Crippen molar-refractivity contribution in [3.05, 3.63) is 23.5 Å². The maximum atomic E-state index is 4.45. The Kier molecular flexibility index (Phi) is 5.84. The van der Waals surface area contributed by atoms with Gasteiger partial charge in [0, 0.05) is 24.3 Å². The van der Waals surface area contributed by atoms with Crippen molar-refractivity contribution in [2.45, 2.75) is 58.9 Å². The third kappa shape index (κ3) is 4.20. The molecule has 1 aliphatic carbocycles. The monoisotopic (exact) mass is 275 g/mol. The summed E-state index contributed by atoms with van der Waals surface area (Å²) >= 11 is 0. The minimum atomic E-state index is 0.434. The summed E-state index contributed by atoms with van der Waals surface area (Å²) < 4.78 is 2.04. The van der Waals surface area contributed by atoms with E-state index in [4.69, 9.17) is 0 Å². The van der Waals surface area contributed by atoms with Crippen LogP contribution in [0.25, 0.3) is 6.08 Å². The number of nitrogens with one attached hydrogen (secondary N) is 1. The molecule has 3 heteroatoms. The molecule has 0 aromatic carbocycles. The Bertz CT molecular complexity index is 425. The molecule has 1 N–H and O–H groups in total. The average Bonchev–Trinajstić information content (AvgIpc) is 2.93. The summed E-state index contributed by atoms with van der Waals surface area (Å²) in [7, 11) is 0. The van der Waals surface area contributed by atoms with Gasteiger partial charge in [-0.25, -0.2) is 0 Å². The minimum Gasteiger partial charge on any atom is -0.313 e. The predicted octanol–water partition coefficient (Wildman–Crippen LogP) is 4.04. The van der Waals surface area contributed by atoms with Gasteiger partial charge < -0.3 is 5.32 Å². The molecule has 0 amide bonds. The van der Waals surface area contributed by atoms with Crippen LogP contribution in [0.5, 0.6) is 0 Å². The normalized spacial score (nSPS) is 17.9. The van der Waals surface area contributed by atoms with Crippen LogP contribution in [0.1, 0.15) is 64.5 Å². The molecule has 112 valence electrons. The fourth-order valence-electron chi connectivity index (χ4n) is 2.98. The lowest BCUT2D eigenvalue weighted by atomic mass is 9.83. The maximum Gasteiger partial charge on any atom is 0.0562 e. The zero-order valence-electron chi connectivity index (χ0n) is 13.2. The topological polar surface area (TPSA) is 29.9 Å². The SMILES string of the molecule is CCNCC(=Cc1cnn(C(C)C)c1)C1CCCCC1. The van der Waals surface area contributed by atoms with E-state index in [2.05, 4.69) is 43.5 Å². The average molecular weight is 275 g/mol. The lowest BCUT2D eigenvalue weighted by Crippen LogP contribution is -2.22. The third-order valence-electron chi connectivity index (χ3n) is 4.21. The summed E-state index contributed by atoms with van der Waals surface area (Å²) in [5, 5.41) is 7.95. The van der Waals surface area contributed by atoms with Gasteiger partial charge in [0.1, 0.15) is 0 Å². The smallest absolute Gasteiger partial charge is 0.0562 e. The quantitative estimate of drug-likeness (QED) is 0.849. The molecule has 1 aliphatic rings. The minimum absolute atomic E-state index is 0.434. The second-order valence-corrected chi connectivity index (χ2v) is 6.18. The molecule has 0 spiro atoms. The molecule has 1 aromatic heterocycles. The molecule has 0 bridgehead atoms. The van der Waals surface area contributed by atoms with Crippen LogP contribution in [-0.2, 0) is 0 Å². The molecule has 0 aliphatic heterocycles. The van der Waals surface area contributed by atoms with Gasteiger partial charge in [-0.3, -0.25) is 4.68 Å². The van der Waals surface area contributed by atoms with Gasteiger partial charge in [0.25, 0.3) is 0 Å². The molecule has 2 rings (SSSR count). The third-order valence-corrected chi connectivity index (χ3v) is 4.21. The van der Waals surface area contributed by atoms with E-state index in [0.717, 1.165) is 19.0 Å². The zero-order chi connectivity index (χ0) is 14.4. The van der Waals surface area contributed by atoms with Crippen molar-refractivity contribution in [2.24, 2.45) is 5.92 Å². The van der Waals surface area contributed by atoms with Crippen molar-refractivity contribution < 1.29 is 0 Å². The Morgan fingerprint density at radius 3 is 2.75 bits per heavy atom. The number of likely N-dealkylation sites (N-methyl/N-ethyl adjacent to an activating group) is 1. The maximum absolute atomic E-state index is 4.45. The number of aromatic nitrogens is 2. The van der Waals surface area contributed by atoms with Crippen LogP contribution in [-0.4, -0.2) is 22.9 Å². The molecule has 0 radical (unpaired) electrons. The van der Waals surface area contributed by atoms with Crippen molar-refractivity contribution in [2.75, 3.05) is 13.1 Å². The van der Waals surface area contributed by atoms with Gasteiger partial charge in [0.05, 0.1) is 6.20 Å². The fraction of sp³-hybridized carbons (Fsp3) is 0.706. The van der Waals surface area contributed by atoms with Gasteiger partial charge in [-0.15, -0.1) is 0 Å². The molecule has 0 unspecified atom stereocenters. The molecule has 0 atom stereocenters. The van der Waals surface area contributed by atoms with Gasteiger partial charge in [-0.2, -0.15) is 5.10 Å². The van der Waals surface area contributed by atoms with Crippen LogP contribution in [0.3, 0.4) is 0 Å². The number of rotatable bonds is 6. The second kappa shape index (κ2) is 7.63. The highest BCUT2D eigenvalue weighted by molar-refractivity contribution is 5.52. The van der Waals surface area contributed by atoms with Gasteiger partial charge in [0.2, 0.25) is 0 Å². The molecule has 1 heterocycles. The van der Waals surface area contributed by atoms with Crippen molar-refractivity contribution in [3.8, 4) is 0 Å². The van der Waals surface area contributed by atoms with Crippen molar-refractivity contribution in [1.82, 2.24) is 15.1 Å². The molecular weight excluding hydrogens is 246 g/mol. The summed E-state index contributed by atoms with van der Waals surface area (Å²) in [4.78, 5) is 0. The number of nitrogens with zero attached hydrogens (tertiary/aromatic N) is 2. The molecular formula is C17H29N3. The van der Waals surface area contributed by atoms with E-state index < -0.39 is 0 Å². The van der Waals surface area contributed by atoms with Crippen LogP contribution in [0.15, 0.2) is 18.0 Å². The summed E-state index contributed by atoms with van der Waals surface area (Å²) in [6, 6.07) is 0.434. The first-order valence-corrected chi connectivity index (χ1v) is 8.16. The van der Waals surface area contributed by atoms with E-state index in [1.54, 1.807) is 5.57 Å². The summed E-state index contributed by atoms with van der Waals surface area (Å²) in [6.07, 6.45) is 13.4. The lowest BCUT2D eigenvalue weighted by molar-refractivity contribution is 0.397. The largest absolute Gasteiger partial charge is 0.313 e. The molecule has 1 fully saturated rings. The lowest BCUT2D eigenvalue weighted by Gasteiger charge is -2.24. The first kappa shape index (κ1) is 15.3. The summed E-state index contributed by atoms with van der Waals surface area (Å²) in [6.45, 7) is 8.57. The first-order chi connectivity index (χ1) is 9.70. The van der Waals surface area contributed by atoms with E-state index >= 15 is 0 Å². The Labute approximate surface area is 123 Å². The van der Waals surface area contributed by atoms with E-state index in [0.29, 0.717) is 6.04 Å². The zero-order valence-corrected chi connectivity index (χ0v) is 13.2. The molecule has 1 saturated carbocycles. The molecule has 3 nitrogen and oxygen atoms in total. The van der Waals surface area contributed by atoms with Crippen molar-refractivity contribution in [3.63, 3.8) is 0 Å². The Morgan fingerprint density at radius 1 is 1.40 bits per heavy atom. The summed E-state index contributed by atoms with van der Waals surface area (Å²) in [5.74, 6) is 0.769. The predicted molar refractivity (Wildman–Crippen MR) is 85.7 cm³/mol. The molecule has 0 saturated heterocycles. The van der Waals surface area contributed by atoms with Gasteiger partial charge in [-0.05, 0) is 39.2 Å². The van der Waals surface area contributed by atoms with E-state index in [1.807, 2.05) is 10.9 Å². The highest BCUT2D eigenvalue weighted by Gasteiger charge is 2.17. The van der Waals surface area contributed by atoms with Crippen LogP contribution in [0.4, 0.5) is 0 Å².